The minimum absolute atomic E-state index is 0.750. The van der Waals surface area contributed by atoms with Crippen molar-refractivity contribution in [3.05, 3.63) is 0 Å². The second-order valence-corrected chi connectivity index (χ2v) is 7.19. The van der Waals surface area contributed by atoms with Crippen LogP contribution in [0.15, 0.2) is 0 Å². The minimum atomic E-state index is 0.750. The molecule has 0 amide bonds. The molecular formula is C17H32N2. The summed E-state index contributed by atoms with van der Waals surface area (Å²) in [7, 11) is 2.19. The number of hydrogen-bond acceptors (Lipinski definition) is 2. The van der Waals surface area contributed by atoms with Gasteiger partial charge in [-0.15, -0.1) is 0 Å². The van der Waals surface area contributed by atoms with Crippen molar-refractivity contribution >= 4 is 0 Å². The molecular weight excluding hydrogens is 232 g/mol. The van der Waals surface area contributed by atoms with Gasteiger partial charge in [0.15, 0.2) is 0 Å². The van der Waals surface area contributed by atoms with Crippen LogP contribution in [0.4, 0.5) is 0 Å². The number of likely N-dealkylation sites (N-methyl/N-ethyl adjacent to an activating group) is 1. The summed E-state index contributed by atoms with van der Waals surface area (Å²) < 4.78 is 0. The summed E-state index contributed by atoms with van der Waals surface area (Å²) in [6.07, 6.45) is 14.8. The van der Waals surface area contributed by atoms with Gasteiger partial charge < -0.3 is 5.32 Å². The predicted molar refractivity (Wildman–Crippen MR) is 81.4 cm³/mol. The van der Waals surface area contributed by atoms with Crippen LogP contribution in [0.25, 0.3) is 0 Å². The van der Waals surface area contributed by atoms with Crippen LogP contribution in [-0.2, 0) is 0 Å². The van der Waals surface area contributed by atoms with Crippen LogP contribution in [0.2, 0.25) is 0 Å². The summed E-state index contributed by atoms with van der Waals surface area (Å²) in [6.45, 7) is 2.69. The fourth-order valence-electron chi connectivity index (χ4n) is 5.05. The van der Waals surface area contributed by atoms with Crippen molar-refractivity contribution in [2.45, 2.75) is 76.3 Å². The molecule has 2 heteroatoms. The number of rotatable bonds is 4. The molecule has 0 aromatic heterocycles. The van der Waals surface area contributed by atoms with E-state index < -0.39 is 0 Å². The van der Waals surface area contributed by atoms with E-state index in [4.69, 9.17) is 0 Å². The van der Waals surface area contributed by atoms with Gasteiger partial charge in [-0.25, -0.2) is 0 Å². The van der Waals surface area contributed by atoms with E-state index in [-0.39, 0.29) is 0 Å². The fourth-order valence-corrected chi connectivity index (χ4v) is 5.05. The topological polar surface area (TPSA) is 15.3 Å². The highest BCUT2D eigenvalue weighted by molar-refractivity contribution is 4.92. The Hall–Kier alpha value is -0.0800. The highest BCUT2D eigenvalue weighted by Crippen LogP contribution is 2.37. The molecule has 0 spiro atoms. The number of nitrogens with one attached hydrogen (secondary N) is 1. The maximum Gasteiger partial charge on any atom is 0.0220 e. The lowest BCUT2D eigenvalue weighted by atomic mass is 9.83. The maximum absolute atomic E-state index is 3.66. The van der Waals surface area contributed by atoms with Crippen molar-refractivity contribution < 1.29 is 0 Å². The van der Waals surface area contributed by atoms with E-state index in [0.29, 0.717) is 0 Å². The largest absolute Gasteiger partial charge is 0.315 e. The quantitative estimate of drug-likeness (QED) is 0.837. The van der Waals surface area contributed by atoms with Crippen LogP contribution < -0.4 is 5.32 Å². The zero-order valence-corrected chi connectivity index (χ0v) is 12.7. The van der Waals surface area contributed by atoms with E-state index in [1.807, 2.05) is 0 Å². The van der Waals surface area contributed by atoms with Crippen LogP contribution in [0.3, 0.4) is 0 Å². The van der Waals surface area contributed by atoms with Crippen molar-refractivity contribution in [3.63, 3.8) is 0 Å². The van der Waals surface area contributed by atoms with Gasteiger partial charge >= 0.3 is 0 Å². The Kier molecular flexibility index (Phi) is 4.81. The molecule has 3 unspecified atom stereocenters. The first-order valence-corrected chi connectivity index (χ1v) is 8.80. The zero-order valence-electron chi connectivity index (χ0n) is 12.7. The summed E-state index contributed by atoms with van der Waals surface area (Å²) in [5.41, 5.74) is 0. The Bertz CT molecular complexity index is 272. The van der Waals surface area contributed by atoms with Gasteiger partial charge in [0.05, 0.1) is 0 Å². The van der Waals surface area contributed by atoms with Crippen molar-refractivity contribution in [2.75, 3.05) is 20.1 Å². The molecule has 1 aliphatic heterocycles. The molecule has 3 aliphatic rings. The number of fused-ring (bicyclic) bond motifs is 1. The van der Waals surface area contributed by atoms with E-state index in [1.165, 1.54) is 77.3 Å². The van der Waals surface area contributed by atoms with E-state index in [0.717, 1.165) is 23.9 Å². The lowest BCUT2D eigenvalue weighted by Gasteiger charge is -2.41. The van der Waals surface area contributed by atoms with Crippen molar-refractivity contribution in [3.8, 4) is 0 Å². The third kappa shape index (κ3) is 3.16. The molecule has 1 N–H and O–H groups in total. The van der Waals surface area contributed by atoms with Crippen LogP contribution in [0.1, 0.15) is 64.2 Å². The normalized spacial score (nSPS) is 35.2. The van der Waals surface area contributed by atoms with Crippen LogP contribution in [0, 0.1) is 11.8 Å². The van der Waals surface area contributed by atoms with Crippen LogP contribution >= 0.6 is 0 Å². The number of piperidine rings is 1. The van der Waals surface area contributed by atoms with Crippen molar-refractivity contribution in [2.24, 2.45) is 11.8 Å². The Morgan fingerprint density at radius 3 is 2.53 bits per heavy atom. The summed E-state index contributed by atoms with van der Waals surface area (Å²) in [6, 6.07) is 1.69. The number of nitrogens with zero attached hydrogens (tertiary/aromatic N) is 1. The van der Waals surface area contributed by atoms with Gasteiger partial charge in [-0.05, 0) is 64.0 Å². The van der Waals surface area contributed by atoms with E-state index in [1.54, 1.807) is 0 Å². The molecule has 1 saturated heterocycles. The molecule has 2 saturated carbocycles. The molecule has 0 aromatic carbocycles. The Labute approximate surface area is 119 Å². The Morgan fingerprint density at radius 2 is 1.74 bits per heavy atom. The second kappa shape index (κ2) is 6.58. The standard InChI is InChI=1S/C17H32N2/c1-18-16(14-7-3-2-4-8-14)13-19-12-6-10-15-9-5-11-17(15)19/h14-18H,2-13H2,1H3. The second-order valence-electron chi connectivity index (χ2n) is 7.19. The molecule has 2 aliphatic carbocycles. The third-order valence-electron chi connectivity index (χ3n) is 6.13. The van der Waals surface area contributed by atoms with E-state index >= 15 is 0 Å². The number of likely N-dealkylation sites (tertiary alicyclic amines) is 1. The van der Waals surface area contributed by atoms with Gasteiger partial charge in [0.25, 0.3) is 0 Å². The molecule has 1 heterocycles. The molecule has 3 fully saturated rings. The third-order valence-corrected chi connectivity index (χ3v) is 6.13. The monoisotopic (exact) mass is 264 g/mol. The first kappa shape index (κ1) is 13.9. The molecule has 3 rings (SSSR count). The highest BCUT2D eigenvalue weighted by atomic mass is 15.2. The van der Waals surface area contributed by atoms with Gasteiger partial charge in [0.2, 0.25) is 0 Å². The molecule has 0 aromatic rings. The molecule has 3 atom stereocenters. The lowest BCUT2D eigenvalue weighted by molar-refractivity contribution is 0.0871. The van der Waals surface area contributed by atoms with Crippen molar-refractivity contribution in [1.82, 2.24) is 10.2 Å². The summed E-state index contributed by atoms with van der Waals surface area (Å²) in [5.74, 6) is 1.98. The predicted octanol–water partition coefficient (Wildman–Crippen LogP) is 3.42. The summed E-state index contributed by atoms with van der Waals surface area (Å²) >= 11 is 0. The molecule has 0 radical (unpaired) electrons. The first-order chi connectivity index (χ1) is 9.38. The zero-order chi connectivity index (χ0) is 13.1. The van der Waals surface area contributed by atoms with Crippen molar-refractivity contribution in [1.29, 1.82) is 0 Å². The highest BCUT2D eigenvalue weighted by Gasteiger charge is 2.36. The van der Waals surface area contributed by atoms with Crippen LogP contribution in [0.5, 0.6) is 0 Å². The van der Waals surface area contributed by atoms with E-state index in [2.05, 4.69) is 17.3 Å². The average molecular weight is 264 g/mol. The molecule has 19 heavy (non-hydrogen) atoms. The van der Waals surface area contributed by atoms with Crippen LogP contribution in [-0.4, -0.2) is 37.1 Å². The minimum Gasteiger partial charge on any atom is -0.315 e. The van der Waals surface area contributed by atoms with E-state index in [9.17, 15) is 0 Å². The van der Waals surface area contributed by atoms with Gasteiger partial charge in [-0.3, -0.25) is 4.90 Å². The Balaban J connectivity index is 1.58. The fraction of sp³-hybridized carbons (Fsp3) is 1.00. The average Bonchev–Trinajstić information content (AvgIpc) is 2.95. The SMILES string of the molecule is CNC(CN1CCCC2CCCC21)C1CCCCC1. The van der Waals surface area contributed by atoms with Gasteiger partial charge in [0, 0.05) is 18.6 Å². The van der Waals surface area contributed by atoms with Gasteiger partial charge in [-0.2, -0.15) is 0 Å². The summed E-state index contributed by atoms with van der Waals surface area (Å²) in [4.78, 5) is 2.86. The number of hydrogen-bond donors (Lipinski definition) is 1. The van der Waals surface area contributed by atoms with Gasteiger partial charge in [-0.1, -0.05) is 25.7 Å². The first-order valence-electron chi connectivity index (χ1n) is 8.80. The Morgan fingerprint density at radius 1 is 0.947 bits per heavy atom. The smallest absolute Gasteiger partial charge is 0.0220 e. The maximum atomic E-state index is 3.66. The lowest BCUT2D eigenvalue weighted by Crippen LogP contribution is -2.51. The molecule has 0 bridgehead atoms. The molecule has 2 nitrogen and oxygen atoms in total. The molecule has 110 valence electrons. The summed E-state index contributed by atoms with van der Waals surface area (Å²) in [5, 5.41) is 3.66. The van der Waals surface area contributed by atoms with Gasteiger partial charge in [0.1, 0.15) is 0 Å².